The number of unbranched alkanes of at least 4 members (excludes halogenated alkanes) is 2. The second kappa shape index (κ2) is 29.2. The number of nitrogens with zero attached hydrogens (tertiary/aromatic N) is 2. The number of benzene rings is 5. The Hall–Kier alpha value is -9.14. The van der Waals surface area contributed by atoms with Gasteiger partial charge in [0.05, 0.1) is 43.4 Å². The van der Waals surface area contributed by atoms with Crippen LogP contribution in [0.25, 0.3) is 0 Å². The summed E-state index contributed by atoms with van der Waals surface area (Å²) in [6.45, 7) is 12.1. The van der Waals surface area contributed by atoms with Crippen molar-refractivity contribution in [3.8, 4) is 34.5 Å². The molecule has 84 heavy (non-hydrogen) atoms. The van der Waals surface area contributed by atoms with Gasteiger partial charge in [-0.3, -0.25) is 33.6 Å². The van der Waals surface area contributed by atoms with Crippen LogP contribution >= 0.6 is 0 Å². The van der Waals surface area contributed by atoms with Crippen LogP contribution in [-0.2, 0) is 70.9 Å². The van der Waals surface area contributed by atoms with Crippen molar-refractivity contribution in [2.75, 3.05) is 80.9 Å². The number of carbonyl (C=O) groups excluding carboxylic acids is 8. The Bertz CT molecular complexity index is 3150. The molecule has 1 spiro atoms. The number of carbonyl (C=O) groups is 8. The number of aryl methyl sites for hydroxylation is 2. The number of anilines is 3. The highest BCUT2D eigenvalue weighted by atomic mass is 16.6. The molecular weight excluding hydrogens is 1090 g/mol. The zero-order valence-corrected chi connectivity index (χ0v) is 48.6. The Balaban J connectivity index is 1.25. The molecule has 0 saturated heterocycles. The molecule has 446 valence electrons. The van der Waals surface area contributed by atoms with Crippen LogP contribution in [-0.4, -0.2) is 114 Å². The number of nitrogens with one attached hydrogen (secondary N) is 1. The first-order valence-corrected chi connectivity index (χ1v) is 28.2. The van der Waals surface area contributed by atoms with Crippen LogP contribution in [0.15, 0.2) is 84.9 Å². The summed E-state index contributed by atoms with van der Waals surface area (Å²) in [6.07, 6.45) is 4.20. The van der Waals surface area contributed by atoms with Crippen molar-refractivity contribution >= 4 is 64.8 Å². The van der Waals surface area contributed by atoms with Gasteiger partial charge in [0.2, 0.25) is 0 Å². The van der Waals surface area contributed by atoms with Crippen LogP contribution in [0.1, 0.15) is 130 Å². The van der Waals surface area contributed by atoms with Crippen LogP contribution in [0.5, 0.6) is 34.5 Å². The molecule has 2 aliphatic rings. The number of hydrogen-bond acceptors (Lipinski definition) is 20. The van der Waals surface area contributed by atoms with Crippen LogP contribution in [0, 0.1) is 0 Å². The average molecular weight is 1160 g/mol. The van der Waals surface area contributed by atoms with E-state index in [1.54, 1.807) is 88.4 Å². The highest BCUT2D eigenvalue weighted by molar-refractivity contribution is 6.07. The lowest BCUT2D eigenvalue weighted by atomic mass is 9.76. The lowest BCUT2D eigenvalue weighted by Crippen LogP contribution is -2.36. The first-order chi connectivity index (χ1) is 40.5. The summed E-state index contributed by atoms with van der Waals surface area (Å²) in [4.78, 5) is 108. The summed E-state index contributed by atoms with van der Waals surface area (Å²) in [5.74, 6) is -3.49. The molecule has 0 unspecified atom stereocenters. The zero-order chi connectivity index (χ0) is 60.5. The van der Waals surface area contributed by atoms with E-state index in [4.69, 9.17) is 47.4 Å². The van der Waals surface area contributed by atoms with Gasteiger partial charge in [0.25, 0.3) is 5.91 Å². The summed E-state index contributed by atoms with van der Waals surface area (Å²) in [5, 5.41) is 2.89. The predicted octanol–water partition coefficient (Wildman–Crippen LogP) is 9.37. The smallest absolute Gasteiger partial charge is 0.340 e. The van der Waals surface area contributed by atoms with Crippen molar-refractivity contribution in [1.29, 1.82) is 0 Å². The predicted molar refractivity (Wildman–Crippen MR) is 307 cm³/mol. The number of hydrogen-bond donors (Lipinski definition) is 1. The van der Waals surface area contributed by atoms with E-state index in [0.717, 1.165) is 25.7 Å². The molecule has 2 aliphatic heterocycles. The topological polar surface area (TPSA) is 247 Å². The number of amides is 1. The van der Waals surface area contributed by atoms with Crippen LogP contribution in [0.2, 0.25) is 0 Å². The Labute approximate surface area is 487 Å². The molecule has 0 radical (unpaired) electrons. The maximum atomic E-state index is 14.5. The highest BCUT2D eigenvalue weighted by Crippen LogP contribution is 2.58. The molecule has 7 rings (SSSR count). The van der Waals surface area contributed by atoms with Gasteiger partial charge in [0, 0.05) is 60.0 Å². The molecular formula is C63H71N3O18. The number of rotatable bonds is 29. The number of fused-ring (bicyclic) bond motifs is 6. The molecule has 2 heterocycles. The van der Waals surface area contributed by atoms with E-state index in [2.05, 4.69) is 5.32 Å². The van der Waals surface area contributed by atoms with Crippen molar-refractivity contribution in [1.82, 2.24) is 0 Å². The van der Waals surface area contributed by atoms with Gasteiger partial charge >= 0.3 is 41.8 Å². The minimum atomic E-state index is -1.65. The van der Waals surface area contributed by atoms with E-state index in [0.29, 0.717) is 52.1 Å². The maximum Gasteiger partial charge on any atom is 0.340 e. The molecule has 5 aromatic rings. The van der Waals surface area contributed by atoms with Crippen LogP contribution < -0.4 is 38.8 Å². The average Bonchev–Trinajstić information content (AvgIpc) is 1.44. The van der Waals surface area contributed by atoms with E-state index >= 15 is 0 Å². The number of esters is 7. The molecule has 21 heteroatoms. The van der Waals surface area contributed by atoms with Crippen LogP contribution in [0.4, 0.5) is 17.1 Å². The van der Waals surface area contributed by atoms with Crippen molar-refractivity contribution < 1.29 is 85.7 Å². The molecule has 0 aromatic heterocycles. The van der Waals surface area contributed by atoms with Gasteiger partial charge in [-0.15, -0.1) is 0 Å². The molecule has 0 atom stereocenters. The summed E-state index contributed by atoms with van der Waals surface area (Å²) in [5.41, 5.74) is 2.04. The zero-order valence-electron chi connectivity index (χ0n) is 48.6. The number of para-hydroxylation sites is 2. The molecule has 0 fully saturated rings. The first-order valence-electron chi connectivity index (χ1n) is 28.2. The molecule has 0 bridgehead atoms. The van der Waals surface area contributed by atoms with Crippen molar-refractivity contribution in [3.05, 3.63) is 124 Å². The first kappa shape index (κ1) is 62.5. The van der Waals surface area contributed by atoms with E-state index in [1.807, 2.05) is 26.0 Å². The molecule has 1 N–H and O–H groups in total. The highest BCUT2D eigenvalue weighted by Gasteiger charge is 2.54. The third-order valence-electron chi connectivity index (χ3n) is 13.4. The quantitative estimate of drug-likeness (QED) is 0.0203. The fraction of sp³-hybridized carbons (Fsp3) is 0.397. The van der Waals surface area contributed by atoms with E-state index in [1.165, 1.54) is 35.8 Å². The maximum absolute atomic E-state index is 14.5. The minimum absolute atomic E-state index is 0.0720. The summed E-state index contributed by atoms with van der Waals surface area (Å²) in [7, 11) is 0. The van der Waals surface area contributed by atoms with Gasteiger partial charge in [-0.2, -0.15) is 0 Å². The van der Waals surface area contributed by atoms with Gasteiger partial charge < -0.3 is 62.5 Å². The summed E-state index contributed by atoms with van der Waals surface area (Å²) >= 11 is 0. The Morgan fingerprint density at radius 2 is 1.00 bits per heavy atom. The standard InChI is InChI=1S/C63H71N3O18/c1-9-15-19-41-30-47-54(33-52(41)81-39(7)67)83-55-34-53(82-40(8)68)42(20-16-10-2)31-48(55)63(47)46-25-23-43(29-45(46)62(74)84-63)61(73)64-44-24-26-50(66(37-59(71)77-13-5)38-60(72)78-14-6)56(32-44)80-28-27-79-51-22-18-17-21-49(51)65(35-57(69)75-11-3)36-58(70)76-12-4/h17-18,21-26,29-34H,9-16,19-20,27-28,35-38H2,1-8H3,(H,64,73). The summed E-state index contributed by atoms with van der Waals surface area (Å²) < 4.78 is 58.0. The largest absolute Gasteiger partial charge is 0.488 e. The van der Waals surface area contributed by atoms with Crippen LogP contribution in [0.3, 0.4) is 0 Å². The van der Waals surface area contributed by atoms with Crippen molar-refractivity contribution in [2.24, 2.45) is 0 Å². The van der Waals surface area contributed by atoms with E-state index in [9.17, 15) is 38.4 Å². The molecule has 1 amide bonds. The molecule has 0 aliphatic carbocycles. The third-order valence-corrected chi connectivity index (χ3v) is 13.4. The second-order valence-corrected chi connectivity index (χ2v) is 19.5. The Kier molecular flexibility index (Phi) is 21.7. The SMILES string of the molecule is CCCCc1cc2c(cc1OC(C)=O)Oc1cc(OC(C)=O)c(CCCC)cc1C21OC(=O)c2cc(C(=O)Nc3ccc(N(CC(=O)OCC)CC(=O)OCC)c(OCCOc4ccccc4N(CC(=O)OCC)CC(=O)OCC)c3)ccc21. The third kappa shape index (κ3) is 15.1. The Morgan fingerprint density at radius 1 is 0.524 bits per heavy atom. The lowest BCUT2D eigenvalue weighted by Gasteiger charge is -2.37. The molecule has 5 aromatic carbocycles. The van der Waals surface area contributed by atoms with Gasteiger partial charge in [0.1, 0.15) is 73.9 Å². The van der Waals surface area contributed by atoms with E-state index < -0.39 is 53.3 Å². The van der Waals surface area contributed by atoms with Gasteiger partial charge in [-0.1, -0.05) is 44.9 Å². The minimum Gasteiger partial charge on any atom is -0.488 e. The molecule has 21 nitrogen and oxygen atoms in total. The lowest BCUT2D eigenvalue weighted by molar-refractivity contribution is -0.144. The monoisotopic (exact) mass is 1160 g/mol. The fourth-order valence-corrected chi connectivity index (χ4v) is 9.85. The van der Waals surface area contributed by atoms with Gasteiger partial charge in [-0.05, 0) is 113 Å². The Morgan fingerprint density at radius 3 is 1.48 bits per heavy atom. The van der Waals surface area contributed by atoms with Crippen molar-refractivity contribution in [3.63, 3.8) is 0 Å². The normalized spacial score (nSPS) is 12.3. The van der Waals surface area contributed by atoms with E-state index in [-0.39, 0.29) is 117 Å². The second-order valence-electron chi connectivity index (χ2n) is 19.5. The van der Waals surface area contributed by atoms with Crippen molar-refractivity contribution in [2.45, 2.75) is 99.5 Å². The van der Waals surface area contributed by atoms with Gasteiger partial charge in [-0.25, -0.2) is 4.79 Å². The number of ether oxygens (including phenoxy) is 10. The fourth-order valence-electron chi connectivity index (χ4n) is 9.85. The summed E-state index contributed by atoms with van der Waals surface area (Å²) in [6, 6.07) is 22.8. The van der Waals surface area contributed by atoms with Gasteiger partial charge in [0.15, 0.2) is 5.60 Å². The molecule has 0 saturated carbocycles.